The highest BCUT2D eigenvalue weighted by atomic mass is 35.5. The maximum atomic E-state index is 14.1. The van der Waals surface area contributed by atoms with Crippen LogP contribution in [0, 0.1) is 13.8 Å². The van der Waals surface area contributed by atoms with Crippen LogP contribution in [0.1, 0.15) is 49.3 Å². The van der Waals surface area contributed by atoms with E-state index in [9.17, 15) is 18.0 Å². The third kappa shape index (κ3) is 7.61. The van der Waals surface area contributed by atoms with E-state index in [1.54, 1.807) is 19.1 Å². The topological polar surface area (TPSA) is 86.8 Å². The van der Waals surface area contributed by atoms with Gasteiger partial charge in [0.1, 0.15) is 12.6 Å². The Morgan fingerprint density at radius 3 is 2.24 bits per heavy atom. The highest BCUT2D eigenvalue weighted by Gasteiger charge is 2.33. The number of hydrogen-bond donors (Lipinski definition) is 1. The number of halogens is 2. The number of benzene rings is 3. The summed E-state index contributed by atoms with van der Waals surface area (Å²) in [4.78, 5) is 28.9. The predicted octanol–water partition coefficient (Wildman–Crippen LogP) is 6.28. The first-order chi connectivity index (χ1) is 19.5. The Hall–Kier alpha value is -3.07. The van der Waals surface area contributed by atoms with Gasteiger partial charge in [-0.25, -0.2) is 8.42 Å². The van der Waals surface area contributed by atoms with Gasteiger partial charge in [-0.2, -0.15) is 0 Å². The van der Waals surface area contributed by atoms with E-state index in [4.69, 9.17) is 23.2 Å². The van der Waals surface area contributed by atoms with E-state index in [0.29, 0.717) is 0 Å². The molecule has 0 bridgehead atoms. The van der Waals surface area contributed by atoms with Crippen molar-refractivity contribution < 1.29 is 18.0 Å². The molecule has 1 aliphatic rings. The number of anilines is 1. The summed E-state index contributed by atoms with van der Waals surface area (Å²) in [7, 11) is -4.19. The number of sulfonamides is 1. The van der Waals surface area contributed by atoms with Crippen LogP contribution in [0.5, 0.6) is 0 Å². The lowest BCUT2D eigenvalue weighted by Crippen LogP contribution is -2.52. The summed E-state index contributed by atoms with van der Waals surface area (Å²) < 4.78 is 28.9. The molecule has 0 unspecified atom stereocenters. The first-order valence-corrected chi connectivity index (χ1v) is 15.8. The van der Waals surface area contributed by atoms with Crippen LogP contribution in [0.15, 0.2) is 71.6 Å². The third-order valence-corrected chi connectivity index (χ3v) is 9.91. The molecule has 7 nitrogen and oxygen atoms in total. The lowest BCUT2D eigenvalue weighted by Gasteiger charge is -2.32. The monoisotopic (exact) mass is 615 g/mol. The first kappa shape index (κ1) is 30.9. The van der Waals surface area contributed by atoms with E-state index in [1.807, 2.05) is 38.1 Å². The molecule has 2 amide bonds. The molecule has 0 saturated heterocycles. The fourth-order valence-electron chi connectivity index (χ4n) is 4.99. The van der Waals surface area contributed by atoms with Gasteiger partial charge in [0.2, 0.25) is 11.8 Å². The van der Waals surface area contributed by atoms with E-state index in [1.165, 1.54) is 35.2 Å². The molecule has 3 aromatic carbocycles. The molecule has 1 atom stereocenters. The summed E-state index contributed by atoms with van der Waals surface area (Å²) in [6.45, 7) is 5.08. The maximum absolute atomic E-state index is 14.1. The minimum Gasteiger partial charge on any atom is -0.352 e. The number of hydrogen-bond acceptors (Lipinski definition) is 4. The molecule has 10 heteroatoms. The van der Waals surface area contributed by atoms with Gasteiger partial charge in [-0.1, -0.05) is 83.6 Å². The number of rotatable bonds is 10. The Morgan fingerprint density at radius 2 is 1.61 bits per heavy atom. The van der Waals surface area contributed by atoms with Gasteiger partial charge < -0.3 is 10.2 Å². The van der Waals surface area contributed by atoms with Gasteiger partial charge in [0.25, 0.3) is 10.0 Å². The van der Waals surface area contributed by atoms with Crippen molar-refractivity contribution in [2.75, 3.05) is 10.8 Å². The molecule has 3 aromatic rings. The van der Waals surface area contributed by atoms with Crippen molar-refractivity contribution in [3.05, 3.63) is 93.5 Å². The van der Waals surface area contributed by atoms with Crippen LogP contribution in [0.2, 0.25) is 10.0 Å². The zero-order valence-electron chi connectivity index (χ0n) is 23.4. The van der Waals surface area contributed by atoms with E-state index in [2.05, 4.69) is 5.32 Å². The molecular weight excluding hydrogens is 581 g/mol. The Bertz CT molecular complexity index is 1510. The number of nitrogens with one attached hydrogen (secondary N) is 1. The van der Waals surface area contributed by atoms with Gasteiger partial charge >= 0.3 is 0 Å². The number of nitrogens with zero attached hydrogens (tertiary/aromatic N) is 2. The summed E-state index contributed by atoms with van der Waals surface area (Å²) in [5.41, 5.74) is 2.93. The lowest BCUT2D eigenvalue weighted by molar-refractivity contribution is -0.139. The average Bonchev–Trinajstić information content (AvgIpc) is 3.44. The van der Waals surface area contributed by atoms with Gasteiger partial charge in [-0.05, 0) is 69.5 Å². The van der Waals surface area contributed by atoms with Crippen LogP contribution in [0.25, 0.3) is 0 Å². The molecule has 0 heterocycles. The van der Waals surface area contributed by atoms with Crippen molar-refractivity contribution in [1.82, 2.24) is 10.2 Å². The van der Waals surface area contributed by atoms with Crippen LogP contribution in [-0.4, -0.2) is 43.8 Å². The number of carbonyl (C=O) groups excluding carboxylic acids is 2. The second kappa shape index (κ2) is 13.3. The minimum absolute atomic E-state index is 0.0271. The molecule has 1 saturated carbocycles. The Labute approximate surface area is 252 Å². The highest BCUT2D eigenvalue weighted by molar-refractivity contribution is 7.92. The SMILES string of the molecule is Cc1ccc(S(=O)(=O)N(CC(=O)N(Cc2cccc(C)c2)[C@H](C)C(=O)NC2CCCC2)c2ccc(Cl)c(Cl)c2)cc1. The Morgan fingerprint density at radius 1 is 0.927 bits per heavy atom. The Balaban J connectivity index is 1.70. The second-order valence-corrected chi connectivity index (χ2v) is 13.3. The molecule has 1 fully saturated rings. The zero-order valence-corrected chi connectivity index (χ0v) is 25.8. The van der Waals surface area contributed by atoms with Crippen molar-refractivity contribution in [2.45, 2.75) is 70.0 Å². The summed E-state index contributed by atoms with van der Waals surface area (Å²) in [5.74, 6) is -0.789. The molecule has 0 radical (unpaired) electrons. The molecule has 4 rings (SSSR count). The number of carbonyl (C=O) groups is 2. The van der Waals surface area contributed by atoms with Crippen LogP contribution < -0.4 is 9.62 Å². The van der Waals surface area contributed by atoms with Crippen LogP contribution >= 0.6 is 23.2 Å². The fourth-order valence-corrected chi connectivity index (χ4v) is 6.69. The quantitative estimate of drug-likeness (QED) is 0.291. The fraction of sp³-hybridized carbons (Fsp3) is 0.355. The standard InChI is InChI=1S/C31H35Cl2N3O4S/c1-21-11-14-27(15-12-21)41(39,40)36(26-13-16-28(32)29(33)18-26)20-30(37)35(19-24-8-6-7-22(2)17-24)23(3)31(38)34-25-9-4-5-10-25/h6-8,11-18,23,25H,4-5,9-10,19-20H2,1-3H3,(H,34,38)/t23-/m1/s1. The smallest absolute Gasteiger partial charge is 0.264 e. The third-order valence-electron chi connectivity index (χ3n) is 7.38. The molecule has 41 heavy (non-hydrogen) atoms. The van der Waals surface area contributed by atoms with Crippen LogP contribution in [-0.2, 0) is 26.2 Å². The number of aryl methyl sites for hydroxylation is 2. The van der Waals surface area contributed by atoms with Gasteiger partial charge in [-0.15, -0.1) is 0 Å². The van der Waals surface area contributed by atoms with Crippen molar-refractivity contribution in [2.24, 2.45) is 0 Å². The molecule has 0 aromatic heterocycles. The first-order valence-electron chi connectivity index (χ1n) is 13.7. The summed E-state index contributed by atoms with van der Waals surface area (Å²) in [6, 6.07) is 17.7. The van der Waals surface area contributed by atoms with E-state index in [-0.39, 0.29) is 39.1 Å². The summed E-state index contributed by atoms with van der Waals surface area (Å²) in [5, 5.41) is 3.49. The lowest BCUT2D eigenvalue weighted by atomic mass is 10.1. The van der Waals surface area contributed by atoms with Gasteiger partial charge in [0.05, 0.1) is 20.6 Å². The van der Waals surface area contributed by atoms with Crippen molar-refractivity contribution in [1.29, 1.82) is 0 Å². The van der Waals surface area contributed by atoms with E-state index in [0.717, 1.165) is 46.7 Å². The normalized spacial score (nSPS) is 14.5. The predicted molar refractivity (Wildman–Crippen MR) is 164 cm³/mol. The largest absolute Gasteiger partial charge is 0.352 e. The van der Waals surface area contributed by atoms with Gasteiger partial charge in [0.15, 0.2) is 0 Å². The second-order valence-electron chi connectivity index (χ2n) is 10.6. The van der Waals surface area contributed by atoms with Gasteiger partial charge in [0, 0.05) is 12.6 Å². The minimum atomic E-state index is -4.19. The zero-order chi connectivity index (χ0) is 29.7. The van der Waals surface area contributed by atoms with Crippen molar-refractivity contribution in [3.63, 3.8) is 0 Å². The highest BCUT2D eigenvalue weighted by Crippen LogP contribution is 2.31. The molecule has 0 spiro atoms. The Kier molecular flexibility index (Phi) is 10.00. The van der Waals surface area contributed by atoms with Gasteiger partial charge in [-0.3, -0.25) is 13.9 Å². The van der Waals surface area contributed by atoms with Crippen molar-refractivity contribution in [3.8, 4) is 0 Å². The molecule has 1 N–H and O–H groups in total. The summed E-state index contributed by atoms with van der Waals surface area (Å²) in [6.07, 6.45) is 3.93. The van der Waals surface area contributed by atoms with E-state index < -0.39 is 28.5 Å². The molecular formula is C31H35Cl2N3O4S. The van der Waals surface area contributed by atoms with E-state index >= 15 is 0 Å². The molecule has 0 aliphatic heterocycles. The van der Waals surface area contributed by atoms with Crippen molar-refractivity contribution >= 4 is 50.7 Å². The summed E-state index contributed by atoms with van der Waals surface area (Å²) >= 11 is 12.4. The average molecular weight is 617 g/mol. The van der Waals surface area contributed by atoms with Crippen LogP contribution in [0.3, 0.4) is 0 Å². The van der Waals surface area contributed by atoms with Crippen LogP contribution in [0.4, 0.5) is 5.69 Å². The number of amides is 2. The molecule has 218 valence electrons. The maximum Gasteiger partial charge on any atom is 0.264 e. The molecule has 1 aliphatic carbocycles.